The number of aliphatic hydroxyl groups is 1. The van der Waals surface area contributed by atoms with Crippen molar-refractivity contribution < 1.29 is 31.8 Å². The van der Waals surface area contributed by atoms with Crippen LogP contribution in [0, 0.1) is 11.6 Å². The van der Waals surface area contributed by atoms with Gasteiger partial charge >= 0.3 is 0 Å². The Bertz CT molecular complexity index is 2520. The summed E-state index contributed by atoms with van der Waals surface area (Å²) in [4.78, 5) is 0.0582. The van der Waals surface area contributed by atoms with Crippen LogP contribution >= 0.6 is 15.9 Å². The molecule has 10 nitrogen and oxygen atoms in total. The lowest BCUT2D eigenvalue weighted by Crippen LogP contribution is -2.30. The van der Waals surface area contributed by atoms with Crippen molar-refractivity contribution in [1.29, 1.82) is 0 Å². The molecule has 4 aromatic carbocycles. The van der Waals surface area contributed by atoms with Crippen LogP contribution in [-0.4, -0.2) is 56.3 Å². The van der Waals surface area contributed by atoms with Crippen LogP contribution in [0.2, 0.25) is 0 Å². The van der Waals surface area contributed by atoms with E-state index in [0.29, 0.717) is 35.2 Å². The summed E-state index contributed by atoms with van der Waals surface area (Å²) in [6.45, 7) is 3.81. The van der Waals surface area contributed by atoms with Gasteiger partial charge in [0.05, 0.1) is 40.6 Å². The molecule has 0 aliphatic carbocycles. The van der Waals surface area contributed by atoms with Gasteiger partial charge < -0.3 is 14.6 Å². The standard InChI is InChI=1S/C40H36BrF2N5O5S/c1-40(2,25-49)52-18-15-37(27-7-6-8-28(41)20-27)47-16-14-36(46-47)33-21-29(11-12-34(33)42)53-39-32(19-26-23-44-45-24-26)31-13-17-48(38(31)22-35(39)43)54(50,51)30-9-4-3-5-10-30/h3-14,16-17,20-24,37,49H,15,18-19,25H2,1-2H3,(H,44,45). The maximum Gasteiger partial charge on any atom is 0.268 e. The van der Waals surface area contributed by atoms with E-state index in [-0.39, 0.29) is 46.5 Å². The van der Waals surface area contributed by atoms with Gasteiger partial charge in [0.2, 0.25) is 0 Å². The van der Waals surface area contributed by atoms with Crippen molar-refractivity contribution in [3.63, 3.8) is 0 Å². The number of aliphatic hydroxyl groups excluding tert-OH is 1. The van der Waals surface area contributed by atoms with Crippen molar-refractivity contribution in [2.45, 2.75) is 43.2 Å². The minimum atomic E-state index is -4.05. The summed E-state index contributed by atoms with van der Waals surface area (Å²) < 4.78 is 74.8. The molecular formula is C40H36BrF2N5O5S. The molecule has 0 saturated carbocycles. The average molecular weight is 817 g/mol. The Morgan fingerprint density at radius 2 is 1.78 bits per heavy atom. The summed E-state index contributed by atoms with van der Waals surface area (Å²) in [5.41, 5.74) is 1.92. The smallest absolute Gasteiger partial charge is 0.268 e. The van der Waals surface area contributed by atoms with Crippen LogP contribution in [0.4, 0.5) is 8.78 Å². The van der Waals surface area contributed by atoms with Gasteiger partial charge in [0.1, 0.15) is 11.6 Å². The molecule has 0 fully saturated rings. The molecule has 1 unspecified atom stereocenters. The number of H-pyrrole nitrogens is 1. The van der Waals surface area contributed by atoms with Gasteiger partial charge in [-0.05, 0) is 86.0 Å². The number of hydrogen-bond acceptors (Lipinski definition) is 7. The van der Waals surface area contributed by atoms with Crippen LogP contribution in [0.3, 0.4) is 0 Å². The first kappa shape index (κ1) is 37.2. The minimum absolute atomic E-state index is 0.0582. The van der Waals surface area contributed by atoms with Crippen LogP contribution < -0.4 is 4.74 Å². The monoisotopic (exact) mass is 815 g/mol. The topological polar surface area (TPSA) is 124 Å². The summed E-state index contributed by atoms with van der Waals surface area (Å²) in [5, 5.41) is 21.6. The maximum atomic E-state index is 16.3. The molecular weight excluding hydrogens is 780 g/mol. The Morgan fingerprint density at radius 1 is 0.963 bits per heavy atom. The van der Waals surface area contributed by atoms with E-state index < -0.39 is 27.3 Å². The van der Waals surface area contributed by atoms with Gasteiger partial charge in [-0.25, -0.2) is 21.2 Å². The fraction of sp³-hybridized carbons (Fsp3) is 0.200. The van der Waals surface area contributed by atoms with Crippen molar-refractivity contribution in [3.8, 4) is 22.8 Å². The number of rotatable bonds is 14. The molecule has 0 aliphatic rings. The lowest BCUT2D eigenvalue weighted by molar-refractivity contribution is -0.0564. The second kappa shape index (κ2) is 15.3. The Hall–Kier alpha value is -5.15. The van der Waals surface area contributed by atoms with Gasteiger partial charge in [0, 0.05) is 58.7 Å². The van der Waals surface area contributed by atoms with E-state index in [1.165, 1.54) is 36.5 Å². The molecule has 3 heterocycles. The van der Waals surface area contributed by atoms with E-state index in [1.807, 2.05) is 38.1 Å². The highest BCUT2D eigenvalue weighted by Crippen LogP contribution is 2.39. The third-order valence-corrected chi connectivity index (χ3v) is 11.3. The molecule has 0 amide bonds. The van der Waals surface area contributed by atoms with Crippen LogP contribution in [0.5, 0.6) is 11.5 Å². The van der Waals surface area contributed by atoms with Crippen molar-refractivity contribution in [2.24, 2.45) is 0 Å². The summed E-state index contributed by atoms with van der Waals surface area (Å²) in [6.07, 6.45) is 7.07. The summed E-state index contributed by atoms with van der Waals surface area (Å²) in [5.74, 6) is -1.35. The van der Waals surface area contributed by atoms with Gasteiger partial charge in [-0.2, -0.15) is 10.2 Å². The van der Waals surface area contributed by atoms with Crippen LogP contribution in [0.25, 0.3) is 22.2 Å². The molecule has 0 aliphatic heterocycles. The first-order chi connectivity index (χ1) is 25.9. The zero-order valence-corrected chi connectivity index (χ0v) is 31.7. The number of ether oxygens (including phenoxy) is 2. The zero-order valence-electron chi connectivity index (χ0n) is 29.3. The Morgan fingerprint density at radius 3 is 2.52 bits per heavy atom. The molecule has 3 aromatic heterocycles. The highest BCUT2D eigenvalue weighted by Gasteiger charge is 2.25. The Labute approximate surface area is 319 Å². The van der Waals surface area contributed by atoms with E-state index in [9.17, 15) is 13.5 Å². The zero-order chi connectivity index (χ0) is 38.0. The Kier molecular flexibility index (Phi) is 10.5. The number of aromatic amines is 1. The number of fused-ring (bicyclic) bond motifs is 1. The molecule has 2 N–H and O–H groups in total. The number of nitrogens with zero attached hydrogens (tertiary/aromatic N) is 4. The van der Waals surface area contributed by atoms with Gasteiger partial charge in [0.15, 0.2) is 11.6 Å². The molecule has 1 atom stereocenters. The number of hydrogen-bond donors (Lipinski definition) is 2. The largest absolute Gasteiger partial charge is 0.454 e. The van der Waals surface area contributed by atoms with E-state index in [4.69, 9.17) is 14.6 Å². The summed E-state index contributed by atoms with van der Waals surface area (Å²) in [6, 6.07) is 23.9. The molecule has 14 heteroatoms. The number of nitrogens with one attached hydrogen (secondary N) is 1. The Balaban J connectivity index is 1.24. The van der Waals surface area contributed by atoms with Crippen LogP contribution in [-0.2, 0) is 21.2 Å². The van der Waals surface area contributed by atoms with Crippen molar-refractivity contribution in [3.05, 3.63) is 149 Å². The predicted molar refractivity (Wildman–Crippen MR) is 204 cm³/mol. The molecule has 7 aromatic rings. The summed E-state index contributed by atoms with van der Waals surface area (Å²) >= 11 is 3.54. The van der Waals surface area contributed by atoms with Gasteiger partial charge in [0.25, 0.3) is 10.0 Å². The molecule has 7 rings (SSSR count). The van der Waals surface area contributed by atoms with Crippen LogP contribution in [0.15, 0.2) is 125 Å². The first-order valence-corrected chi connectivity index (χ1v) is 19.3. The lowest BCUT2D eigenvalue weighted by Gasteiger charge is -2.25. The lowest BCUT2D eigenvalue weighted by atomic mass is 10.0. The fourth-order valence-electron chi connectivity index (χ4n) is 6.25. The highest BCUT2D eigenvalue weighted by molar-refractivity contribution is 9.10. The van der Waals surface area contributed by atoms with Gasteiger partial charge in [-0.3, -0.25) is 9.78 Å². The molecule has 0 radical (unpaired) electrons. The average Bonchev–Trinajstić information content (AvgIpc) is 3.95. The third kappa shape index (κ3) is 7.73. The maximum absolute atomic E-state index is 16.3. The van der Waals surface area contributed by atoms with Crippen molar-refractivity contribution >= 4 is 36.9 Å². The molecule has 0 saturated heterocycles. The third-order valence-electron chi connectivity index (χ3n) is 9.06. The number of halogens is 3. The van der Waals surface area contributed by atoms with E-state index >= 15 is 8.78 Å². The number of aromatic nitrogens is 5. The highest BCUT2D eigenvalue weighted by atomic mass is 79.9. The van der Waals surface area contributed by atoms with Gasteiger partial charge in [-0.1, -0.05) is 46.3 Å². The molecule has 0 bridgehead atoms. The molecule has 0 spiro atoms. The molecule has 278 valence electrons. The second-order valence-electron chi connectivity index (χ2n) is 13.4. The first-order valence-electron chi connectivity index (χ1n) is 17.1. The van der Waals surface area contributed by atoms with E-state index in [2.05, 4.69) is 26.1 Å². The minimum Gasteiger partial charge on any atom is -0.454 e. The second-order valence-corrected chi connectivity index (χ2v) is 16.1. The van der Waals surface area contributed by atoms with Crippen molar-refractivity contribution in [1.82, 2.24) is 24.0 Å². The normalized spacial score (nSPS) is 12.7. The van der Waals surface area contributed by atoms with Crippen LogP contribution in [0.1, 0.15) is 43.0 Å². The van der Waals surface area contributed by atoms with Gasteiger partial charge in [-0.15, -0.1) is 0 Å². The van der Waals surface area contributed by atoms with E-state index in [0.717, 1.165) is 20.1 Å². The number of benzene rings is 4. The SMILES string of the molecule is CC(C)(CO)OCCC(c1cccc(Br)c1)n1ccc(-c2cc(Oc3c(F)cc4c(ccn4S(=O)(=O)c4ccccc4)c3Cc3cn[nH]c3)ccc2F)n1. The fourth-order valence-corrected chi connectivity index (χ4v) is 8.03. The molecule has 54 heavy (non-hydrogen) atoms. The summed E-state index contributed by atoms with van der Waals surface area (Å²) in [7, 11) is -4.05. The van der Waals surface area contributed by atoms with Crippen molar-refractivity contribution in [2.75, 3.05) is 13.2 Å². The van der Waals surface area contributed by atoms with E-state index in [1.54, 1.807) is 53.6 Å². The quantitative estimate of drug-likeness (QED) is 0.113. The predicted octanol–water partition coefficient (Wildman–Crippen LogP) is 8.66.